The fourth-order valence-electron chi connectivity index (χ4n) is 8.44. The normalized spacial score (nSPS) is 13.0. The third kappa shape index (κ3) is 8.63. The van der Waals surface area contributed by atoms with Gasteiger partial charge in [0.15, 0.2) is 0 Å². The van der Waals surface area contributed by atoms with E-state index in [1.54, 1.807) is 0 Å². The molecule has 0 fully saturated rings. The molecule has 0 saturated carbocycles. The number of nitrogens with zero attached hydrogens (tertiary/aromatic N) is 3. The van der Waals surface area contributed by atoms with Crippen molar-refractivity contribution >= 4 is 66.6 Å². The first-order valence-electron chi connectivity index (χ1n) is 23.2. The van der Waals surface area contributed by atoms with Gasteiger partial charge in [-0.1, -0.05) is 162 Å². The molecule has 0 bridgehead atoms. The molecular formula is C57H53IrN3SSi-2. The fraction of sp³-hybridized carbons (Fsp3) is 0.193. The summed E-state index contributed by atoms with van der Waals surface area (Å²) in [5.41, 5.74) is 11.2. The van der Waals surface area contributed by atoms with Crippen LogP contribution in [-0.2, 0) is 25.5 Å². The number of rotatable bonds is 6. The zero-order valence-electron chi connectivity index (χ0n) is 41.3. The van der Waals surface area contributed by atoms with Crippen LogP contribution in [0.3, 0.4) is 0 Å². The molecule has 0 amide bonds. The van der Waals surface area contributed by atoms with E-state index >= 15 is 0 Å². The fourth-order valence-corrected chi connectivity index (χ4v) is 11.3. The molecule has 10 aromatic rings. The largest absolute Gasteiger partial charge is 0.332 e. The maximum absolute atomic E-state index is 8.45. The van der Waals surface area contributed by atoms with Crippen LogP contribution in [0.4, 0.5) is 0 Å². The Morgan fingerprint density at radius 3 is 2.25 bits per heavy atom. The Labute approximate surface area is 396 Å². The molecule has 0 aliphatic rings. The Kier molecular flexibility index (Phi) is 10.9. The summed E-state index contributed by atoms with van der Waals surface area (Å²) in [4.78, 5) is 9.94. The van der Waals surface area contributed by atoms with Crippen LogP contribution in [0.1, 0.15) is 62.7 Å². The number of aryl methyl sites for hydroxylation is 1. The van der Waals surface area contributed by atoms with Crippen molar-refractivity contribution in [1.82, 2.24) is 14.5 Å². The predicted molar refractivity (Wildman–Crippen MR) is 270 cm³/mol. The van der Waals surface area contributed by atoms with E-state index in [0.717, 1.165) is 33.2 Å². The first-order chi connectivity index (χ1) is 31.3. The zero-order valence-corrected chi connectivity index (χ0v) is 41.5. The molecule has 7 aromatic carbocycles. The minimum absolute atomic E-state index is 0. The Morgan fingerprint density at radius 2 is 1.54 bits per heavy atom. The van der Waals surface area contributed by atoms with E-state index in [0.29, 0.717) is 11.3 Å². The molecule has 0 atom stereocenters. The molecule has 0 aliphatic carbocycles. The van der Waals surface area contributed by atoms with E-state index in [-0.39, 0.29) is 43.6 Å². The van der Waals surface area contributed by atoms with Crippen molar-refractivity contribution in [1.29, 1.82) is 0 Å². The van der Waals surface area contributed by atoms with E-state index < -0.39 is 14.0 Å². The number of para-hydroxylation sites is 1. The number of imidazole rings is 1. The van der Waals surface area contributed by atoms with Crippen molar-refractivity contribution in [2.24, 2.45) is 0 Å². The van der Waals surface area contributed by atoms with Gasteiger partial charge >= 0.3 is 0 Å². The van der Waals surface area contributed by atoms with E-state index in [1.807, 2.05) is 37.4 Å². The third-order valence-electron chi connectivity index (χ3n) is 11.6. The van der Waals surface area contributed by atoms with Crippen molar-refractivity contribution in [3.05, 3.63) is 181 Å². The molecule has 1 radical (unpaired) electrons. The Hall–Kier alpha value is -5.49. The second kappa shape index (κ2) is 17.6. The molecular weight excluding hydrogens is 979 g/mol. The smallest absolute Gasteiger partial charge is 0.0799 e. The number of pyridine rings is 1. The van der Waals surface area contributed by atoms with E-state index in [2.05, 4.69) is 184 Å². The van der Waals surface area contributed by atoms with Gasteiger partial charge in [0.2, 0.25) is 0 Å². The predicted octanol–water partition coefficient (Wildman–Crippen LogP) is 15.5. The molecule has 317 valence electrons. The Bertz CT molecular complexity index is 3470. The summed E-state index contributed by atoms with van der Waals surface area (Å²) in [6.07, 6.45) is 1.84. The number of benzene rings is 7. The SMILES string of the molecule is Cc1ccc2c(c1)sc1c(-c3nc4cc5ccccc5cc4n3-c3c(-c4ccccc4)cccc3C(C)(C)C)[c-]ccc12.[2H]c1[c-]c(-c2cc(C([2H])(C)C)c([Si](C)(C)C)cn2)cc([2H])c1[2H].[Ir]. The van der Waals surface area contributed by atoms with Crippen molar-refractivity contribution < 1.29 is 25.6 Å². The maximum atomic E-state index is 8.45. The average molecular weight is 1040 g/mol. The number of fused-ring (bicyclic) bond motifs is 5. The number of hydrogen-bond donors (Lipinski definition) is 0. The summed E-state index contributed by atoms with van der Waals surface area (Å²) in [7, 11) is -1.64. The van der Waals surface area contributed by atoms with Crippen LogP contribution < -0.4 is 5.19 Å². The molecule has 0 spiro atoms. The van der Waals surface area contributed by atoms with E-state index in [9.17, 15) is 0 Å². The topological polar surface area (TPSA) is 30.7 Å². The van der Waals surface area contributed by atoms with Gasteiger partial charge in [0.25, 0.3) is 0 Å². The molecule has 10 rings (SSSR count). The maximum Gasteiger partial charge on any atom is 0.0799 e. The third-order valence-corrected chi connectivity index (χ3v) is 14.8. The second-order valence-electron chi connectivity index (χ2n) is 18.4. The summed E-state index contributed by atoms with van der Waals surface area (Å²) in [6.45, 7) is 19.5. The zero-order chi connectivity index (χ0) is 46.9. The van der Waals surface area contributed by atoms with Crippen molar-refractivity contribution in [2.45, 2.75) is 72.5 Å². The summed E-state index contributed by atoms with van der Waals surface area (Å²) < 4.78 is 36.5. The van der Waals surface area contributed by atoms with Gasteiger partial charge in [-0.3, -0.25) is 4.98 Å². The average Bonchev–Trinajstić information content (AvgIpc) is 3.83. The monoisotopic (exact) mass is 1040 g/mol. The minimum atomic E-state index is -1.64. The van der Waals surface area contributed by atoms with Crippen LogP contribution in [-0.4, -0.2) is 22.6 Å². The molecule has 3 aromatic heterocycles. The minimum Gasteiger partial charge on any atom is -0.332 e. The van der Waals surface area contributed by atoms with Gasteiger partial charge in [0, 0.05) is 40.7 Å². The molecule has 3 heterocycles. The standard InChI is InChI=1S/C40H31N2S.C17H22NSi.Ir/c1-25-20-21-30-31-17-10-18-32(38(31)43-36(30)22-25)39-41-34-23-27-14-8-9-15-28(27)24-35(34)42(39)37-29(26-12-6-5-7-13-26)16-11-19-33(37)40(2,3)4;1-13(2)15-11-16(14-9-7-6-8-10-14)18-12-17(15)19(3,4)5;/h5-17,19-24H,1-4H3;6-9,11-13H,1-5H3;/q2*-1;/i;6D,7D,8D,13D;. The summed E-state index contributed by atoms with van der Waals surface area (Å²) in [6, 6.07) is 51.3. The quantitative estimate of drug-likeness (QED) is 0.123. The molecule has 6 heteroatoms. The first-order valence-corrected chi connectivity index (χ1v) is 25.6. The van der Waals surface area contributed by atoms with Crippen LogP contribution in [0.25, 0.3) is 81.4 Å². The summed E-state index contributed by atoms with van der Waals surface area (Å²) >= 11 is 1.84. The van der Waals surface area contributed by atoms with Crippen LogP contribution >= 0.6 is 11.3 Å². The van der Waals surface area contributed by atoms with Crippen LogP contribution in [0.5, 0.6) is 0 Å². The summed E-state index contributed by atoms with van der Waals surface area (Å²) in [5, 5.41) is 6.09. The molecule has 0 aliphatic heterocycles. The second-order valence-corrected chi connectivity index (χ2v) is 24.5. The van der Waals surface area contributed by atoms with Crippen molar-refractivity contribution in [3.63, 3.8) is 0 Å². The molecule has 0 N–H and O–H groups in total. The summed E-state index contributed by atoms with van der Waals surface area (Å²) in [5.74, 6) is 0.170. The van der Waals surface area contributed by atoms with E-state index in [1.165, 1.54) is 65.0 Å². The Morgan fingerprint density at radius 1 is 0.794 bits per heavy atom. The van der Waals surface area contributed by atoms with Crippen molar-refractivity contribution in [2.75, 3.05) is 0 Å². The van der Waals surface area contributed by atoms with Gasteiger partial charge in [-0.15, -0.1) is 54.0 Å². The van der Waals surface area contributed by atoms with Gasteiger partial charge in [-0.25, -0.2) is 0 Å². The van der Waals surface area contributed by atoms with Gasteiger partial charge in [-0.05, 0) is 86.2 Å². The molecule has 0 saturated heterocycles. The molecule has 0 unspecified atom stereocenters. The number of thiophene rings is 1. The van der Waals surface area contributed by atoms with Crippen LogP contribution in [0.2, 0.25) is 19.6 Å². The van der Waals surface area contributed by atoms with Crippen molar-refractivity contribution in [3.8, 4) is 39.5 Å². The van der Waals surface area contributed by atoms with Gasteiger partial charge < -0.3 is 9.55 Å². The van der Waals surface area contributed by atoms with Gasteiger partial charge in [-0.2, -0.15) is 11.3 Å². The molecule has 3 nitrogen and oxygen atoms in total. The molecule has 63 heavy (non-hydrogen) atoms. The first kappa shape index (κ1) is 39.1. The number of aromatic nitrogens is 3. The van der Waals surface area contributed by atoms with Gasteiger partial charge in [0.05, 0.1) is 30.6 Å². The van der Waals surface area contributed by atoms with Gasteiger partial charge in [0.1, 0.15) is 0 Å². The van der Waals surface area contributed by atoms with Crippen LogP contribution in [0, 0.1) is 19.1 Å². The number of hydrogen-bond acceptors (Lipinski definition) is 3. The Balaban J connectivity index is 0.000000216. The van der Waals surface area contributed by atoms with Crippen LogP contribution in [0.15, 0.2) is 152 Å². The van der Waals surface area contributed by atoms with E-state index in [4.69, 9.17) is 10.5 Å².